The predicted molar refractivity (Wildman–Crippen MR) is 128 cm³/mol. The van der Waals surface area contributed by atoms with Gasteiger partial charge in [-0.1, -0.05) is 0 Å². The third-order valence-electron chi connectivity index (χ3n) is 5.02. The fraction of sp³-hybridized carbons (Fsp3) is 0.125. The van der Waals surface area contributed by atoms with Gasteiger partial charge in [0.2, 0.25) is 5.95 Å². The van der Waals surface area contributed by atoms with Crippen molar-refractivity contribution >= 4 is 40.4 Å². The van der Waals surface area contributed by atoms with Gasteiger partial charge in [-0.2, -0.15) is 20.5 Å². The van der Waals surface area contributed by atoms with Crippen LogP contribution in [0.25, 0.3) is 17.2 Å². The second-order valence-corrected chi connectivity index (χ2v) is 7.24. The molecule has 0 aliphatic rings. The summed E-state index contributed by atoms with van der Waals surface area (Å²) in [7, 11) is 1.56. The summed E-state index contributed by atoms with van der Waals surface area (Å²) < 4.78 is 7.07. The van der Waals surface area contributed by atoms with E-state index in [1.54, 1.807) is 37.5 Å². The maximum atomic E-state index is 9.71. The number of nitrogens with zero attached hydrogens (tertiary/aromatic N) is 6. The van der Waals surface area contributed by atoms with Crippen LogP contribution in [0.1, 0.15) is 16.7 Å². The summed E-state index contributed by atoms with van der Waals surface area (Å²) >= 11 is 0. The molecule has 3 N–H and O–H groups in total. The van der Waals surface area contributed by atoms with Gasteiger partial charge in [-0.15, -0.1) is 0 Å². The van der Waals surface area contributed by atoms with Crippen molar-refractivity contribution in [3.05, 3.63) is 65.5 Å². The van der Waals surface area contributed by atoms with Crippen molar-refractivity contribution in [2.45, 2.75) is 13.7 Å². The van der Waals surface area contributed by atoms with Crippen LogP contribution in [0.5, 0.6) is 5.75 Å². The number of aliphatic hydroxyl groups is 1. The van der Waals surface area contributed by atoms with E-state index in [1.807, 2.05) is 25.1 Å². The average Bonchev–Trinajstić information content (AvgIpc) is 3.27. The molecule has 0 atom stereocenters. The van der Waals surface area contributed by atoms with Crippen molar-refractivity contribution in [2.75, 3.05) is 17.7 Å². The molecule has 0 unspecified atom stereocenters. The number of aromatic nitrogens is 4. The summed E-state index contributed by atoms with van der Waals surface area (Å²) in [5.41, 5.74) is 4.50. The van der Waals surface area contributed by atoms with Crippen molar-refractivity contribution in [3.8, 4) is 17.9 Å². The summed E-state index contributed by atoms with van der Waals surface area (Å²) in [6.45, 7) is 1.61. The zero-order chi connectivity index (χ0) is 24.1. The van der Waals surface area contributed by atoms with Gasteiger partial charge in [-0.25, -0.2) is 4.98 Å². The third-order valence-corrected chi connectivity index (χ3v) is 5.02. The number of rotatable bonds is 7. The molecule has 10 nitrogen and oxygen atoms in total. The van der Waals surface area contributed by atoms with E-state index in [-0.39, 0.29) is 12.7 Å². The zero-order valence-corrected chi connectivity index (χ0v) is 18.4. The first-order valence-corrected chi connectivity index (χ1v) is 10.2. The van der Waals surface area contributed by atoms with Crippen molar-refractivity contribution in [3.63, 3.8) is 0 Å². The zero-order valence-electron chi connectivity index (χ0n) is 18.4. The normalized spacial score (nSPS) is 10.7. The van der Waals surface area contributed by atoms with E-state index < -0.39 is 0 Å². The highest BCUT2D eigenvalue weighted by atomic mass is 16.5. The van der Waals surface area contributed by atoms with Crippen LogP contribution < -0.4 is 15.4 Å². The highest BCUT2D eigenvalue weighted by Gasteiger charge is 2.17. The Morgan fingerprint density at radius 1 is 1.15 bits per heavy atom. The Balaban J connectivity index is 1.77. The monoisotopic (exact) mass is 452 g/mol. The first-order chi connectivity index (χ1) is 16.6. The average molecular weight is 452 g/mol. The van der Waals surface area contributed by atoms with Crippen molar-refractivity contribution < 1.29 is 9.84 Å². The number of methoxy groups -OCH3 is 1. The lowest BCUT2D eigenvalue weighted by Gasteiger charge is -2.16. The van der Waals surface area contributed by atoms with Crippen LogP contribution in [0.15, 0.2) is 48.8 Å². The Hall–Kier alpha value is -4.93. The van der Waals surface area contributed by atoms with Crippen LogP contribution in [-0.4, -0.2) is 31.7 Å². The van der Waals surface area contributed by atoms with Crippen molar-refractivity contribution in [1.29, 1.82) is 10.5 Å². The van der Waals surface area contributed by atoms with Gasteiger partial charge < -0.3 is 20.5 Å². The van der Waals surface area contributed by atoms with Crippen LogP contribution in [-0.2, 0) is 6.73 Å². The molecule has 0 amide bonds. The third kappa shape index (κ3) is 4.48. The minimum Gasteiger partial charge on any atom is -0.495 e. The van der Waals surface area contributed by atoms with E-state index in [1.165, 1.54) is 17.0 Å². The molecule has 0 aliphatic heterocycles. The van der Waals surface area contributed by atoms with E-state index in [9.17, 15) is 5.11 Å². The molecule has 4 aromatic rings. The number of aryl methyl sites for hydroxylation is 1. The number of ether oxygens (including phenoxy) is 1. The summed E-state index contributed by atoms with van der Waals surface area (Å²) in [4.78, 5) is 13.5. The van der Waals surface area contributed by atoms with E-state index in [0.29, 0.717) is 39.7 Å². The highest BCUT2D eigenvalue weighted by Crippen LogP contribution is 2.34. The second kappa shape index (κ2) is 9.69. The minimum atomic E-state index is -0.300. The van der Waals surface area contributed by atoms with Crippen LogP contribution in [0, 0.1) is 29.6 Å². The van der Waals surface area contributed by atoms with Crippen molar-refractivity contribution in [1.82, 2.24) is 19.5 Å². The van der Waals surface area contributed by atoms with Crippen LogP contribution >= 0.6 is 0 Å². The van der Waals surface area contributed by atoms with E-state index in [4.69, 9.17) is 15.3 Å². The predicted octanol–water partition coefficient (Wildman–Crippen LogP) is 3.99. The molecule has 0 radical (unpaired) electrons. The molecule has 0 saturated carbocycles. The van der Waals surface area contributed by atoms with Crippen LogP contribution in [0.2, 0.25) is 0 Å². The van der Waals surface area contributed by atoms with Gasteiger partial charge in [0.05, 0.1) is 36.8 Å². The maximum Gasteiger partial charge on any atom is 0.231 e. The van der Waals surface area contributed by atoms with Gasteiger partial charge in [0.1, 0.15) is 12.5 Å². The molecule has 2 aromatic heterocycles. The molecule has 34 heavy (non-hydrogen) atoms. The lowest BCUT2D eigenvalue weighted by atomic mass is 10.1. The molecule has 2 aromatic carbocycles. The number of fused-ring (bicyclic) bond motifs is 1. The Kier molecular flexibility index (Phi) is 6.35. The molecular formula is C24H20N8O2. The number of allylic oxidation sites excluding steroid dienone is 1. The van der Waals surface area contributed by atoms with E-state index >= 15 is 0 Å². The topological polar surface area (TPSA) is 145 Å². The number of hydrogen-bond acceptors (Lipinski definition) is 9. The van der Waals surface area contributed by atoms with Gasteiger partial charge in [-0.3, -0.25) is 4.57 Å². The molecule has 0 fully saturated rings. The van der Waals surface area contributed by atoms with Crippen molar-refractivity contribution in [2.24, 2.45) is 0 Å². The number of anilines is 4. The molecule has 4 rings (SSSR count). The van der Waals surface area contributed by atoms with E-state index in [0.717, 1.165) is 11.1 Å². The standard InChI is InChI=1S/C24H20N8O2/c1-15-10-17(4-3-9-25)11-19(34-2)20(15)29-22-21-23(32(14-33)13-27-21)31-24(30-22)28-18-7-5-16(12-26)6-8-18/h3-8,10-11,13,33H,14H2,1-2H3,(H2,28,29,30,31). The molecule has 0 saturated heterocycles. The molecule has 10 heteroatoms. The van der Waals surface area contributed by atoms with Crippen LogP contribution in [0.3, 0.4) is 0 Å². The lowest BCUT2D eigenvalue weighted by molar-refractivity contribution is 0.214. The molecule has 0 bridgehead atoms. The number of nitrogens with one attached hydrogen (secondary N) is 2. The summed E-state index contributed by atoms with van der Waals surface area (Å²) in [6.07, 6.45) is 4.58. The van der Waals surface area contributed by atoms with Gasteiger partial charge >= 0.3 is 0 Å². The molecular weight excluding hydrogens is 432 g/mol. The smallest absolute Gasteiger partial charge is 0.231 e. The summed E-state index contributed by atoms with van der Waals surface area (Å²) in [6, 6.07) is 14.7. The van der Waals surface area contributed by atoms with Crippen LogP contribution in [0.4, 0.5) is 23.1 Å². The molecule has 168 valence electrons. The Morgan fingerprint density at radius 3 is 2.62 bits per heavy atom. The summed E-state index contributed by atoms with van der Waals surface area (Å²) in [5, 5.41) is 34.0. The Bertz CT molecular complexity index is 1460. The first kappa shape index (κ1) is 22.3. The molecule has 2 heterocycles. The fourth-order valence-corrected chi connectivity index (χ4v) is 3.40. The van der Waals surface area contributed by atoms with E-state index in [2.05, 4.69) is 31.7 Å². The minimum absolute atomic E-state index is 0.278. The number of nitriles is 2. The maximum absolute atomic E-state index is 9.71. The SMILES string of the molecule is COc1cc(C=CC#N)cc(C)c1Nc1nc(Nc2ccc(C#N)cc2)nc2c1ncn2CO. The molecule has 0 spiro atoms. The fourth-order valence-electron chi connectivity index (χ4n) is 3.40. The highest BCUT2D eigenvalue weighted by molar-refractivity contribution is 5.88. The Morgan fingerprint density at radius 2 is 1.94 bits per heavy atom. The number of imidazole rings is 1. The number of benzene rings is 2. The summed E-state index contributed by atoms with van der Waals surface area (Å²) in [5.74, 6) is 1.25. The van der Waals surface area contributed by atoms with Gasteiger partial charge in [0.25, 0.3) is 0 Å². The number of hydrogen-bond donors (Lipinski definition) is 3. The largest absolute Gasteiger partial charge is 0.495 e. The Labute approximate surface area is 195 Å². The molecule has 0 aliphatic carbocycles. The lowest BCUT2D eigenvalue weighted by Crippen LogP contribution is -2.06. The quantitative estimate of drug-likeness (QED) is 0.354. The first-order valence-electron chi connectivity index (χ1n) is 10.2. The van der Waals surface area contributed by atoms with Gasteiger partial charge in [-0.05, 0) is 60.5 Å². The van der Waals surface area contributed by atoms with Gasteiger partial charge in [0.15, 0.2) is 17.0 Å². The number of aliphatic hydroxyl groups excluding tert-OH is 1. The van der Waals surface area contributed by atoms with Gasteiger partial charge in [0, 0.05) is 11.8 Å². The second-order valence-electron chi connectivity index (χ2n) is 7.24.